The summed E-state index contributed by atoms with van der Waals surface area (Å²) in [5.74, 6) is 0.346. The largest absolute Gasteiger partial charge is 0.381 e. The van der Waals surface area contributed by atoms with Gasteiger partial charge in [-0.05, 0) is 26.7 Å². The number of rotatable bonds is 8. The van der Waals surface area contributed by atoms with Crippen molar-refractivity contribution in [1.82, 2.24) is 5.32 Å². The quantitative estimate of drug-likeness (QED) is 0.517. The molecule has 0 aliphatic heterocycles. The van der Waals surface area contributed by atoms with Gasteiger partial charge in [0.05, 0.1) is 5.41 Å². The Bertz CT molecular complexity index is 183. The Hall–Kier alpha value is -0.280. The molecule has 4 heteroatoms. The van der Waals surface area contributed by atoms with Gasteiger partial charge < -0.3 is 10.1 Å². The molecule has 0 aromatic heterocycles. The molecular weight excluding hydrogens is 214 g/mol. The van der Waals surface area contributed by atoms with Crippen LogP contribution in [0.1, 0.15) is 33.6 Å². The summed E-state index contributed by atoms with van der Waals surface area (Å²) in [6.45, 7) is 7.90. The Balaban J connectivity index is 3.47. The number of hydrogen-bond acceptors (Lipinski definition) is 2. The molecule has 0 heterocycles. The van der Waals surface area contributed by atoms with Crippen molar-refractivity contribution < 1.29 is 9.53 Å². The number of nitrogens with one attached hydrogen (secondary N) is 1. The molecule has 0 aliphatic carbocycles. The summed E-state index contributed by atoms with van der Waals surface area (Å²) in [7, 11) is 0. The summed E-state index contributed by atoms with van der Waals surface area (Å²) in [5, 5.41) is 2.85. The molecule has 0 bridgehead atoms. The molecule has 0 unspecified atom stereocenters. The van der Waals surface area contributed by atoms with Crippen LogP contribution < -0.4 is 5.32 Å². The van der Waals surface area contributed by atoms with Gasteiger partial charge >= 0.3 is 0 Å². The first-order chi connectivity index (χ1) is 7.04. The highest BCUT2D eigenvalue weighted by Gasteiger charge is 2.25. The minimum absolute atomic E-state index is 0.00740. The summed E-state index contributed by atoms with van der Waals surface area (Å²) in [6.07, 6.45) is 1.88. The lowest BCUT2D eigenvalue weighted by atomic mass is 9.95. The molecule has 1 amide bonds. The average molecular weight is 236 g/mol. The molecule has 90 valence electrons. The molecular formula is C11H22ClNO2. The van der Waals surface area contributed by atoms with E-state index >= 15 is 0 Å². The normalized spacial score (nSPS) is 11.5. The number of ether oxygens (including phenoxy) is 1. The Labute approximate surface area is 97.5 Å². The minimum atomic E-state index is -0.480. The maximum absolute atomic E-state index is 11.5. The molecule has 1 N–H and O–H groups in total. The fraction of sp³-hybridized carbons (Fsp3) is 0.909. The van der Waals surface area contributed by atoms with Crippen molar-refractivity contribution in [3.8, 4) is 0 Å². The second-order valence-corrected chi connectivity index (χ2v) is 4.51. The van der Waals surface area contributed by atoms with Crippen LogP contribution in [0, 0.1) is 5.41 Å². The third-order valence-corrected chi connectivity index (χ3v) is 2.72. The fourth-order valence-electron chi connectivity index (χ4n) is 0.923. The van der Waals surface area contributed by atoms with E-state index in [0.717, 1.165) is 19.4 Å². The van der Waals surface area contributed by atoms with Crippen LogP contribution in [0.4, 0.5) is 0 Å². The van der Waals surface area contributed by atoms with Gasteiger partial charge in [-0.25, -0.2) is 0 Å². The topological polar surface area (TPSA) is 38.3 Å². The highest BCUT2D eigenvalue weighted by molar-refractivity contribution is 6.19. The first-order valence-corrected chi connectivity index (χ1v) is 6.00. The van der Waals surface area contributed by atoms with Crippen molar-refractivity contribution in [2.75, 3.05) is 25.6 Å². The van der Waals surface area contributed by atoms with Gasteiger partial charge in [-0.1, -0.05) is 6.92 Å². The minimum Gasteiger partial charge on any atom is -0.381 e. The maximum Gasteiger partial charge on any atom is 0.226 e. The van der Waals surface area contributed by atoms with Crippen molar-refractivity contribution >= 4 is 17.5 Å². The number of alkyl halides is 1. The predicted molar refractivity (Wildman–Crippen MR) is 63.2 cm³/mol. The number of amides is 1. The molecule has 0 saturated heterocycles. The third kappa shape index (κ3) is 6.74. The van der Waals surface area contributed by atoms with Gasteiger partial charge in [0.15, 0.2) is 0 Å². The Morgan fingerprint density at radius 1 is 1.40 bits per heavy atom. The van der Waals surface area contributed by atoms with Crippen molar-refractivity contribution in [3.63, 3.8) is 0 Å². The monoisotopic (exact) mass is 235 g/mol. The summed E-state index contributed by atoms with van der Waals surface area (Å²) < 4.78 is 5.30. The van der Waals surface area contributed by atoms with E-state index in [4.69, 9.17) is 16.3 Å². The van der Waals surface area contributed by atoms with Gasteiger partial charge in [-0.3, -0.25) is 4.79 Å². The standard InChI is InChI=1S/C11H22ClNO2/c1-4-7-15-8-5-6-13-10(14)11(2,3)9-12/h4-9H2,1-3H3,(H,13,14). The molecule has 0 aliphatic rings. The van der Waals surface area contributed by atoms with E-state index in [2.05, 4.69) is 12.2 Å². The second-order valence-electron chi connectivity index (χ2n) is 4.24. The predicted octanol–water partition coefficient (Wildman–Crippen LogP) is 2.18. The van der Waals surface area contributed by atoms with E-state index in [1.807, 2.05) is 13.8 Å². The molecule has 0 aromatic carbocycles. The van der Waals surface area contributed by atoms with Gasteiger partial charge in [0.2, 0.25) is 5.91 Å². The van der Waals surface area contributed by atoms with Crippen molar-refractivity contribution in [1.29, 1.82) is 0 Å². The van der Waals surface area contributed by atoms with Crippen LogP contribution in [0.15, 0.2) is 0 Å². The molecule has 0 aromatic rings. The molecule has 15 heavy (non-hydrogen) atoms. The van der Waals surface area contributed by atoms with Crippen molar-refractivity contribution in [2.24, 2.45) is 5.41 Å². The molecule has 0 rings (SSSR count). The van der Waals surface area contributed by atoms with Crippen LogP contribution in [-0.4, -0.2) is 31.5 Å². The van der Waals surface area contributed by atoms with Crippen LogP contribution >= 0.6 is 11.6 Å². The summed E-state index contributed by atoms with van der Waals surface area (Å²) in [6, 6.07) is 0. The number of hydrogen-bond donors (Lipinski definition) is 1. The van der Waals surface area contributed by atoms with Gasteiger partial charge in [-0.15, -0.1) is 11.6 Å². The number of halogens is 1. The average Bonchev–Trinajstić information content (AvgIpc) is 2.22. The van der Waals surface area contributed by atoms with Crippen LogP contribution in [0.5, 0.6) is 0 Å². The van der Waals surface area contributed by atoms with Crippen molar-refractivity contribution in [3.05, 3.63) is 0 Å². The lowest BCUT2D eigenvalue weighted by molar-refractivity contribution is -0.128. The van der Waals surface area contributed by atoms with E-state index in [-0.39, 0.29) is 5.91 Å². The lowest BCUT2D eigenvalue weighted by Crippen LogP contribution is -2.38. The van der Waals surface area contributed by atoms with Gasteiger partial charge in [0, 0.05) is 25.6 Å². The van der Waals surface area contributed by atoms with E-state index in [9.17, 15) is 4.79 Å². The van der Waals surface area contributed by atoms with Crippen LogP contribution in [0.3, 0.4) is 0 Å². The van der Waals surface area contributed by atoms with Crippen LogP contribution in [-0.2, 0) is 9.53 Å². The highest BCUT2D eigenvalue weighted by atomic mass is 35.5. The lowest BCUT2D eigenvalue weighted by Gasteiger charge is -2.20. The zero-order valence-electron chi connectivity index (χ0n) is 9.94. The number of carbonyl (C=O) groups is 1. The van der Waals surface area contributed by atoms with Crippen molar-refractivity contribution in [2.45, 2.75) is 33.6 Å². The smallest absolute Gasteiger partial charge is 0.226 e. The Kier molecular flexibility index (Phi) is 7.79. The SMILES string of the molecule is CCCOCCCNC(=O)C(C)(C)CCl. The third-order valence-electron chi connectivity index (χ3n) is 2.05. The van der Waals surface area contributed by atoms with Crippen LogP contribution in [0.25, 0.3) is 0 Å². The van der Waals surface area contributed by atoms with Crippen LogP contribution in [0.2, 0.25) is 0 Å². The molecule has 0 saturated carbocycles. The maximum atomic E-state index is 11.5. The molecule has 0 atom stereocenters. The van der Waals surface area contributed by atoms with E-state index in [1.54, 1.807) is 0 Å². The fourth-order valence-corrected chi connectivity index (χ4v) is 1.04. The summed E-state index contributed by atoms with van der Waals surface area (Å²) in [5.41, 5.74) is -0.480. The molecule has 0 radical (unpaired) electrons. The van der Waals surface area contributed by atoms with Gasteiger partial charge in [-0.2, -0.15) is 0 Å². The summed E-state index contributed by atoms with van der Waals surface area (Å²) >= 11 is 5.68. The Morgan fingerprint density at radius 2 is 2.07 bits per heavy atom. The molecule has 3 nitrogen and oxygen atoms in total. The van der Waals surface area contributed by atoms with Gasteiger partial charge in [0.1, 0.15) is 0 Å². The zero-order valence-corrected chi connectivity index (χ0v) is 10.7. The van der Waals surface area contributed by atoms with Gasteiger partial charge in [0.25, 0.3) is 0 Å². The summed E-state index contributed by atoms with van der Waals surface area (Å²) in [4.78, 5) is 11.5. The van der Waals surface area contributed by atoms with E-state index in [1.165, 1.54) is 0 Å². The first kappa shape index (κ1) is 14.7. The highest BCUT2D eigenvalue weighted by Crippen LogP contribution is 2.16. The van der Waals surface area contributed by atoms with E-state index < -0.39 is 5.41 Å². The molecule has 0 spiro atoms. The second kappa shape index (κ2) is 7.94. The Morgan fingerprint density at radius 3 is 2.60 bits per heavy atom. The molecule has 0 fully saturated rings. The first-order valence-electron chi connectivity index (χ1n) is 5.46. The number of carbonyl (C=O) groups excluding carboxylic acids is 1. The zero-order chi connectivity index (χ0) is 11.7. The van der Waals surface area contributed by atoms with E-state index in [0.29, 0.717) is 19.0 Å².